The second-order valence-electron chi connectivity index (χ2n) is 6.31. The van der Waals surface area contributed by atoms with Gasteiger partial charge in [0.15, 0.2) is 0 Å². The van der Waals surface area contributed by atoms with Gasteiger partial charge in [-0.1, -0.05) is 48.0 Å². The quantitative estimate of drug-likeness (QED) is 0.608. The number of hydrogen-bond donors (Lipinski definition) is 2. The van der Waals surface area contributed by atoms with E-state index in [-0.39, 0.29) is 17.2 Å². The van der Waals surface area contributed by atoms with Crippen molar-refractivity contribution in [3.8, 4) is 0 Å². The Morgan fingerprint density at radius 1 is 1.07 bits per heavy atom. The summed E-state index contributed by atoms with van der Waals surface area (Å²) in [5.41, 5.74) is 1.84. The molecule has 0 bridgehead atoms. The van der Waals surface area contributed by atoms with Crippen molar-refractivity contribution in [2.45, 2.75) is 30.7 Å². The maximum absolute atomic E-state index is 12.7. The van der Waals surface area contributed by atoms with E-state index in [2.05, 4.69) is 10.0 Å². The van der Waals surface area contributed by atoms with E-state index in [1.165, 1.54) is 12.1 Å². The molecule has 0 fully saturated rings. The monoisotopic (exact) mass is 390 g/mol. The van der Waals surface area contributed by atoms with Gasteiger partial charge in [0.05, 0.1) is 4.90 Å². The first kappa shape index (κ1) is 21.1. The Kier molecular flexibility index (Phi) is 7.97. The number of sulfonamides is 1. The second-order valence-corrected chi connectivity index (χ2v) is 8.03. The number of rotatable bonds is 10. The zero-order valence-electron chi connectivity index (χ0n) is 15.6. The van der Waals surface area contributed by atoms with Gasteiger partial charge >= 0.3 is 0 Å². The van der Waals surface area contributed by atoms with Crippen LogP contribution in [-0.4, -0.2) is 40.6 Å². The van der Waals surface area contributed by atoms with Gasteiger partial charge in [0.2, 0.25) is 15.9 Å². The Morgan fingerprint density at radius 2 is 1.74 bits per heavy atom. The number of methoxy groups -OCH3 is 1. The van der Waals surface area contributed by atoms with Crippen molar-refractivity contribution >= 4 is 15.9 Å². The van der Waals surface area contributed by atoms with Gasteiger partial charge < -0.3 is 10.1 Å². The number of aryl methyl sites for hydroxylation is 1. The van der Waals surface area contributed by atoms with Crippen molar-refractivity contribution in [3.63, 3.8) is 0 Å². The smallest absolute Gasteiger partial charge is 0.241 e. The molecule has 0 heterocycles. The number of nitrogens with one attached hydrogen (secondary N) is 2. The second kappa shape index (κ2) is 10.2. The van der Waals surface area contributed by atoms with Crippen LogP contribution in [0.5, 0.6) is 0 Å². The van der Waals surface area contributed by atoms with Gasteiger partial charge in [-0.05, 0) is 37.5 Å². The topological polar surface area (TPSA) is 84.5 Å². The van der Waals surface area contributed by atoms with Crippen LogP contribution in [0.1, 0.15) is 17.5 Å². The number of ether oxygens (including phenoxy) is 1. The Morgan fingerprint density at radius 3 is 2.37 bits per heavy atom. The molecular formula is C20H26N2O4S. The average molecular weight is 391 g/mol. The summed E-state index contributed by atoms with van der Waals surface area (Å²) in [5, 5.41) is 2.78. The molecule has 0 radical (unpaired) electrons. The predicted molar refractivity (Wildman–Crippen MR) is 105 cm³/mol. The van der Waals surface area contributed by atoms with Crippen molar-refractivity contribution in [1.82, 2.24) is 10.0 Å². The lowest BCUT2D eigenvalue weighted by Gasteiger charge is -2.19. The van der Waals surface area contributed by atoms with Gasteiger partial charge in [-0.3, -0.25) is 4.79 Å². The molecule has 0 unspecified atom stereocenters. The van der Waals surface area contributed by atoms with Crippen LogP contribution >= 0.6 is 0 Å². The van der Waals surface area contributed by atoms with E-state index in [4.69, 9.17) is 4.74 Å². The normalized spacial score (nSPS) is 12.5. The Bertz CT molecular complexity index is 821. The summed E-state index contributed by atoms with van der Waals surface area (Å²) >= 11 is 0. The van der Waals surface area contributed by atoms with E-state index in [1.54, 1.807) is 19.2 Å². The molecule has 6 nitrogen and oxygen atoms in total. The number of carbonyl (C=O) groups excluding carboxylic acids is 1. The van der Waals surface area contributed by atoms with Crippen LogP contribution in [0.25, 0.3) is 0 Å². The summed E-state index contributed by atoms with van der Waals surface area (Å²) in [6.45, 7) is 2.83. The fourth-order valence-electron chi connectivity index (χ4n) is 2.56. The van der Waals surface area contributed by atoms with Gasteiger partial charge in [0.25, 0.3) is 0 Å². The molecular weight excluding hydrogens is 364 g/mol. The Hall–Kier alpha value is -2.22. The van der Waals surface area contributed by atoms with Crippen molar-refractivity contribution in [2.24, 2.45) is 0 Å². The molecule has 1 amide bonds. The van der Waals surface area contributed by atoms with Crippen LogP contribution < -0.4 is 10.0 Å². The maximum atomic E-state index is 12.7. The van der Waals surface area contributed by atoms with Gasteiger partial charge in [-0.25, -0.2) is 8.42 Å². The van der Waals surface area contributed by atoms with Gasteiger partial charge in [0, 0.05) is 20.3 Å². The lowest BCUT2D eigenvalue weighted by atomic mass is 10.1. The highest BCUT2D eigenvalue weighted by Gasteiger charge is 2.25. The molecule has 146 valence electrons. The van der Waals surface area contributed by atoms with Crippen molar-refractivity contribution in [1.29, 1.82) is 0 Å². The first-order valence-electron chi connectivity index (χ1n) is 8.82. The fourth-order valence-corrected chi connectivity index (χ4v) is 3.76. The van der Waals surface area contributed by atoms with E-state index in [1.807, 2.05) is 37.3 Å². The van der Waals surface area contributed by atoms with E-state index >= 15 is 0 Å². The van der Waals surface area contributed by atoms with Crippen molar-refractivity contribution in [3.05, 3.63) is 65.7 Å². The lowest BCUT2D eigenvalue weighted by molar-refractivity contribution is -0.122. The van der Waals surface area contributed by atoms with Gasteiger partial charge in [0.1, 0.15) is 6.04 Å². The molecule has 27 heavy (non-hydrogen) atoms. The van der Waals surface area contributed by atoms with Crippen molar-refractivity contribution in [2.75, 3.05) is 20.3 Å². The third-order valence-corrected chi connectivity index (χ3v) is 5.54. The zero-order chi connectivity index (χ0) is 19.7. The minimum atomic E-state index is -3.81. The Labute approximate surface area is 161 Å². The molecule has 2 N–H and O–H groups in total. The van der Waals surface area contributed by atoms with Gasteiger partial charge in [-0.2, -0.15) is 4.72 Å². The number of amides is 1. The van der Waals surface area contributed by atoms with Crippen LogP contribution in [0.3, 0.4) is 0 Å². The minimum Gasteiger partial charge on any atom is -0.385 e. The summed E-state index contributed by atoms with van der Waals surface area (Å²) in [7, 11) is -2.22. The number of hydrogen-bond acceptors (Lipinski definition) is 4. The first-order valence-corrected chi connectivity index (χ1v) is 10.3. The highest BCUT2D eigenvalue weighted by atomic mass is 32.2. The third-order valence-electron chi connectivity index (χ3n) is 4.05. The largest absolute Gasteiger partial charge is 0.385 e. The molecule has 0 spiro atoms. The predicted octanol–water partition coefficient (Wildman–Crippen LogP) is 2.04. The fraction of sp³-hybridized carbons (Fsp3) is 0.350. The summed E-state index contributed by atoms with van der Waals surface area (Å²) in [5.74, 6) is -0.356. The Balaban J connectivity index is 2.15. The first-order chi connectivity index (χ1) is 12.9. The number of carbonyl (C=O) groups is 1. The van der Waals surface area contributed by atoms with E-state index in [9.17, 15) is 13.2 Å². The van der Waals surface area contributed by atoms with Crippen LogP contribution in [0.2, 0.25) is 0 Å². The molecule has 2 aromatic carbocycles. The van der Waals surface area contributed by atoms with Crippen molar-refractivity contribution < 1.29 is 17.9 Å². The molecule has 0 aliphatic heterocycles. The highest BCUT2D eigenvalue weighted by molar-refractivity contribution is 7.89. The van der Waals surface area contributed by atoms with Crippen LogP contribution in [0.4, 0.5) is 0 Å². The molecule has 0 aromatic heterocycles. The van der Waals surface area contributed by atoms with Crippen LogP contribution in [0.15, 0.2) is 59.5 Å². The van der Waals surface area contributed by atoms with E-state index < -0.39 is 16.1 Å². The molecule has 0 aliphatic carbocycles. The summed E-state index contributed by atoms with van der Waals surface area (Å²) in [6.07, 6.45) is 0.924. The molecule has 0 saturated heterocycles. The SMILES string of the molecule is COCCCNC(=O)[C@H](Cc1ccccc1)NS(=O)(=O)c1ccc(C)cc1. The average Bonchev–Trinajstić information content (AvgIpc) is 2.65. The standard InChI is InChI=1S/C20H26N2O4S/c1-16-9-11-18(12-10-16)27(24,25)22-19(15-17-7-4-3-5-8-17)20(23)21-13-6-14-26-2/h3-5,7-12,19,22H,6,13-15H2,1-2H3,(H,21,23)/t19-/m0/s1. The van der Waals surface area contributed by atoms with Crippen LogP contribution in [-0.2, 0) is 26.0 Å². The lowest BCUT2D eigenvalue weighted by Crippen LogP contribution is -2.48. The molecule has 0 aliphatic rings. The molecule has 7 heteroatoms. The summed E-state index contributed by atoms with van der Waals surface area (Å²) in [6, 6.07) is 14.9. The maximum Gasteiger partial charge on any atom is 0.241 e. The zero-order valence-corrected chi connectivity index (χ0v) is 16.5. The summed E-state index contributed by atoms with van der Waals surface area (Å²) < 4.78 is 32.9. The van der Waals surface area contributed by atoms with Crippen LogP contribution in [0, 0.1) is 6.92 Å². The highest BCUT2D eigenvalue weighted by Crippen LogP contribution is 2.12. The number of benzene rings is 2. The minimum absolute atomic E-state index is 0.137. The van der Waals surface area contributed by atoms with Gasteiger partial charge in [-0.15, -0.1) is 0 Å². The summed E-state index contributed by atoms with van der Waals surface area (Å²) in [4.78, 5) is 12.7. The molecule has 2 aromatic rings. The van der Waals surface area contributed by atoms with E-state index in [0.717, 1.165) is 11.1 Å². The molecule has 0 saturated carbocycles. The van der Waals surface area contributed by atoms with E-state index in [0.29, 0.717) is 19.6 Å². The third kappa shape index (κ3) is 6.78. The molecule has 2 rings (SSSR count). The molecule has 1 atom stereocenters.